The zero-order chi connectivity index (χ0) is 14.7. The Kier molecular flexibility index (Phi) is 5.30. The maximum absolute atomic E-state index is 9.60. The fraction of sp³-hybridized carbons (Fsp3) is 0.625. The number of halogens is 1. The first-order valence-corrected chi connectivity index (χ1v) is 7.83. The molecule has 0 aromatic heterocycles. The first-order chi connectivity index (χ1) is 9.52. The monoisotopic (exact) mass is 296 g/mol. The molecule has 2 rings (SSSR count). The van der Waals surface area contributed by atoms with E-state index in [9.17, 15) is 5.11 Å². The summed E-state index contributed by atoms with van der Waals surface area (Å²) in [6, 6.07) is 6.45. The third kappa shape index (κ3) is 3.46. The van der Waals surface area contributed by atoms with E-state index in [1.807, 2.05) is 18.2 Å². The van der Waals surface area contributed by atoms with Crippen molar-refractivity contribution in [3.63, 3.8) is 0 Å². The van der Waals surface area contributed by atoms with Crippen molar-refractivity contribution in [2.75, 3.05) is 31.6 Å². The molecule has 1 N–H and O–H groups in total. The Hall–Kier alpha value is -0.770. The fourth-order valence-electron chi connectivity index (χ4n) is 3.03. The first kappa shape index (κ1) is 15.6. The lowest BCUT2D eigenvalue weighted by atomic mass is 10.1. The van der Waals surface area contributed by atoms with Crippen LogP contribution in [-0.4, -0.2) is 42.7 Å². The van der Waals surface area contributed by atoms with Gasteiger partial charge in [0.1, 0.15) is 0 Å². The minimum absolute atomic E-state index is 0.475. The van der Waals surface area contributed by atoms with Gasteiger partial charge in [0.15, 0.2) is 0 Å². The smallest absolute Gasteiger partial charge is 0.0762 e. The molecule has 1 unspecified atom stereocenters. The molecule has 1 fully saturated rings. The van der Waals surface area contributed by atoms with Crippen LogP contribution in [0.25, 0.3) is 0 Å². The van der Waals surface area contributed by atoms with Gasteiger partial charge in [-0.05, 0) is 50.6 Å². The van der Waals surface area contributed by atoms with Crippen molar-refractivity contribution in [3.05, 3.63) is 28.8 Å². The maximum atomic E-state index is 9.60. The average Bonchev–Trinajstić information content (AvgIpc) is 2.85. The van der Waals surface area contributed by atoms with Gasteiger partial charge in [0.25, 0.3) is 0 Å². The van der Waals surface area contributed by atoms with Crippen LogP contribution in [0.5, 0.6) is 0 Å². The number of likely N-dealkylation sites (N-methyl/N-ethyl adjacent to an activating group) is 2. The third-order valence-corrected chi connectivity index (χ3v) is 4.56. The number of hydrogen-bond donors (Lipinski definition) is 1. The maximum Gasteiger partial charge on any atom is 0.0762 e. The molecule has 1 aliphatic rings. The van der Waals surface area contributed by atoms with E-state index in [0.29, 0.717) is 11.1 Å². The number of aliphatic hydroxyl groups excluding tert-OH is 1. The number of nitrogens with zero attached hydrogens (tertiary/aromatic N) is 2. The molecular formula is C16H25ClN2O. The first-order valence-electron chi connectivity index (χ1n) is 7.45. The van der Waals surface area contributed by atoms with E-state index < -0.39 is 6.10 Å². The van der Waals surface area contributed by atoms with Crippen molar-refractivity contribution in [3.8, 4) is 0 Å². The number of rotatable bonds is 5. The van der Waals surface area contributed by atoms with E-state index >= 15 is 0 Å². The number of benzene rings is 1. The van der Waals surface area contributed by atoms with Crippen LogP contribution in [0.15, 0.2) is 18.2 Å². The van der Waals surface area contributed by atoms with E-state index in [2.05, 4.69) is 23.8 Å². The summed E-state index contributed by atoms with van der Waals surface area (Å²) in [6.07, 6.45) is 2.08. The predicted octanol–water partition coefficient (Wildman–Crippen LogP) is 3.31. The largest absolute Gasteiger partial charge is 0.389 e. The lowest BCUT2D eigenvalue weighted by molar-refractivity contribution is 0.199. The van der Waals surface area contributed by atoms with E-state index in [0.717, 1.165) is 24.3 Å². The standard InChI is InChI=1S/C16H25ClN2O/c1-4-19-9-5-6-14(19)11-18(3)16-8-7-13(12(2)20)10-15(16)17/h7-8,10,12,14,20H,4-6,9,11H2,1-3H3/t12-,14?/m1/s1. The molecule has 1 aromatic rings. The molecule has 0 spiro atoms. The summed E-state index contributed by atoms with van der Waals surface area (Å²) in [5.41, 5.74) is 1.90. The molecule has 0 radical (unpaired) electrons. The van der Waals surface area contributed by atoms with E-state index in [1.165, 1.54) is 19.4 Å². The molecule has 3 nitrogen and oxygen atoms in total. The van der Waals surface area contributed by atoms with Gasteiger partial charge in [-0.25, -0.2) is 0 Å². The van der Waals surface area contributed by atoms with Crippen LogP contribution in [0.1, 0.15) is 38.4 Å². The van der Waals surface area contributed by atoms with Gasteiger partial charge in [0.2, 0.25) is 0 Å². The number of aliphatic hydroxyl groups is 1. The van der Waals surface area contributed by atoms with E-state index in [4.69, 9.17) is 11.6 Å². The molecule has 1 aliphatic heterocycles. The van der Waals surface area contributed by atoms with Crippen LogP contribution in [0.2, 0.25) is 5.02 Å². The molecule has 0 bridgehead atoms. The summed E-state index contributed by atoms with van der Waals surface area (Å²) in [5, 5.41) is 10.3. The predicted molar refractivity (Wildman–Crippen MR) is 85.6 cm³/mol. The quantitative estimate of drug-likeness (QED) is 0.903. The van der Waals surface area contributed by atoms with Crippen molar-refractivity contribution < 1.29 is 5.11 Å². The highest BCUT2D eigenvalue weighted by Crippen LogP contribution is 2.29. The molecule has 0 saturated carbocycles. The van der Waals surface area contributed by atoms with Gasteiger partial charge in [-0.2, -0.15) is 0 Å². The zero-order valence-electron chi connectivity index (χ0n) is 12.6. The lowest BCUT2D eigenvalue weighted by Gasteiger charge is -2.29. The minimum Gasteiger partial charge on any atom is -0.389 e. The summed E-state index contributed by atoms with van der Waals surface area (Å²) < 4.78 is 0. The highest BCUT2D eigenvalue weighted by atomic mass is 35.5. The molecule has 0 aliphatic carbocycles. The second-order valence-corrected chi connectivity index (χ2v) is 6.10. The van der Waals surface area contributed by atoms with E-state index in [-0.39, 0.29) is 0 Å². The fourth-order valence-corrected chi connectivity index (χ4v) is 3.36. The van der Waals surface area contributed by atoms with Crippen LogP contribution in [-0.2, 0) is 0 Å². The number of likely N-dealkylation sites (tertiary alicyclic amines) is 1. The summed E-state index contributed by atoms with van der Waals surface area (Å²) in [4.78, 5) is 4.77. The molecule has 4 heteroatoms. The topological polar surface area (TPSA) is 26.7 Å². The van der Waals surface area contributed by atoms with Gasteiger partial charge < -0.3 is 10.0 Å². The van der Waals surface area contributed by atoms with Gasteiger partial charge in [0, 0.05) is 19.6 Å². The average molecular weight is 297 g/mol. The van der Waals surface area contributed by atoms with Crippen LogP contribution in [0.3, 0.4) is 0 Å². The van der Waals surface area contributed by atoms with Gasteiger partial charge in [-0.15, -0.1) is 0 Å². The van der Waals surface area contributed by atoms with Crippen molar-refractivity contribution in [2.24, 2.45) is 0 Å². The Morgan fingerprint density at radius 1 is 1.50 bits per heavy atom. The van der Waals surface area contributed by atoms with Gasteiger partial charge >= 0.3 is 0 Å². The van der Waals surface area contributed by atoms with Crippen LogP contribution >= 0.6 is 11.6 Å². The number of anilines is 1. The van der Waals surface area contributed by atoms with E-state index in [1.54, 1.807) is 6.92 Å². The lowest BCUT2D eigenvalue weighted by Crippen LogP contribution is -2.38. The van der Waals surface area contributed by atoms with Gasteiger partial charge in [-0.1, -0.05) is 24.6 Å². The normalized spacial score (nSPS) is 21.1. The van der Waals surface area contributed by atoms with Gasteiger partial charge in [0.05, 0.1) is 16.8 Å². The highest BCUT2D eigenvalue weighted by molar-refractivity contribution is 6.33. The van der Waals surface area contributed by atoms with Crippen LogP contribution in [0.4, 0.5) is 5.69 Å². The van der Waals surface area contributed by atoms with Gasteiger partial charge in [-0.3, -0.25) is 4.90 Å². The van der Waals surface area contributed by atoms with Crippen molar-refractivity contribution in [1.29, 1.82) is 0 Å². The molecule has 0 amide bonds. The Bertz CT molecular complexity index is 450. The molecule has 2 atom stereocenters. The molecule has 1 heterocycles. The Balaban J connectivity index is 2.07. The SMILES string of the molecule is CCN1CCCC1CN(C)c1ccc([C@@H](C)O)cc1Cl. The highest BCUT2D eigenvalue weighted by Gasteiger charge is 2.24. The summed E-state index contributed by atoms with van der Waals surface area (Å²) in [7, 11) is 2.09. The third-order valence-electron chi connectivity index (χ3n) is 4.26. The molecule has 1 saturated heterocycles. The number of hydrogen-bond acceptors (Lipinski definition) is 3. The van der Waals surface area contributed by atoms with Crippen molar-refractivity contribution in [2.45, 2.75) is 38.8 Å². The minimum atomic E-state index is -0.475. The second kappa shape index (κ2) is 6.79. The molecule has 1 aromatic carbocycles. The second-order valence-electron chi connectivity index (χ2n) is 5.69. The summed E-state index contributed by atoms with van der Waals surface area (Å²) in [5.74, 6) is 0. The summed E-state index contributed by atoms with van der Waals surface area (Å²) in [6.45, 7) is 7.31. The Morgan fingerprint density at radius 3 is 2.85 bits per heavy atom. The summed E-state index contributed by atoms with van der Waals surface area (Å²) >= 11 is 6.36. The van der Waals surface area contributed by atoms with Crippen LogP contribution < -0.4 is 4.90 Å². The molecular weight excluding hydrogens is 272 g/mol. The van der Waals surface area contributed by atoms with Crippen LogP contribution in [0, 0.1) is 0 Å². The van der Waals surface area contributed by atoms with Crippen molar-refractivity contribution in [1.82, 2.24) is 4.90 Å². The molecule has 112 valence electrons. The Labute approximate surface area is 127 Å². The van der Waals surface area contributed by atoms with Crippen molar-refractivity contribution >= 4 is 17.3 Å². The zero-order valence-corrected chi connectivity index (χ0v) is 13.4. The Morgan fingerprint density at radius 2 is 2.25 bits per heavy atom. The molecule has 20 heavy (non-hydrogen) atoms.